The largest absolute Gasteiger partial charge is 0.376 e. The second-order valence-corrected chi connectivity index (χ2v) is 7.53. The predicted octanol–water partition coefficient (Wildman–Crippen LogP) is 2.14. The molecule has 1 heterocycles. The van der Waals surface area contributed by atoms with Crippen molar-refractivity contribution in [2.24, 2.45) is 4.99 Å². The highest BCUT2D eigenvalue weighted by atomic mass is 127. The molecular formula is C19H40IN5O. The minimum Gasteiger partial charge on any atom is -0.376 e. The van der Waals surface area contributed by atoms with Crippen molar-refractivity contribution in [1.29, 1.82) is 0 Å². The van der Waals surface area contributed by atoms with Crippen LogP contribution in [-0.4, -0.2) is 87.9 Å². The highest BCUT2D eigenvalue weighted by Crippen LogP contribution is 2.19. The number of likely N-dealkylation sites (N-methyl/N-ethyl adjacent to an activating group) is 2. The number of aliphatic imine (C=N–C) groups is 1. The van der Waals surface area contributed by atoms with Crippen LogP contribution in [0.1, 0.15) is 45.4 Å². The van der Waals surface area contributed by atoms with E-state index in [-0.39, 0.29) is 24.0 Å². The summed E-state index contributed by atoms with van der Waals surface area (Å²) in [5.41, 5.74) is 0. The first kappa shape index (κ1) is 23.9. The zero-order chi connectivity index (χ0) is 17.9. The van der Waals surface area contributed by atoms with Gasteiger partial charge in [0, 0.05) is 38.8 Å². The van der Waals surface area contributed by atoms with E-state index in [1.807, 2.05) is 0 Å². The highest BCUT2D eigenvalue weighted by Gasteiger charge is 2.21. The van der Waals surface area contributed by atoms with Crippen LogP contribution in [0.15, 0.2) is 4.99 Å². The first-order chi connectivity index (χ1) is 12.2. The summed E-state index contributed by atoms with van der Waals surface area (Å²) in [5, 5.41) is 6.77. The van der Waals surface area contributed by atoms with E-state index in [9.17, 15) is 0 Å². The van der Waals surface area contributed by atoms with Crippen molar-refractivity contribution in [3.8, 4) is 0 Å². The molecule has 0 amide bonds. The Morgan fingerprint density at radius 2 is 1.81 bits per heavy atom. The van der Waals surface area contributed by atoms with Gasteiger partial charge in [0.15, 0.2) is 5.96 Å². The number of nitrogens with zero attached hydrogens (tertiary/aromatic N) is 3. The van der Waals surface area contributed by atoms with Crippen molar-refractivity contribution in [3.05, 3.63) is 0 Å². The molecule has 1 atom stereocenters. The average Bonchev–Trinajstić information content (AvgIpc) is 2.88. The van der Waals surface area contributed by atoms with Gasteiger partial charge in [-0.25, -0.2) is 0 Å². The molecule has 0 aromatic heterocycles. The molecule has 2 N–H and O–H groups in total. The van der Waals surface area contributed by atoms with E-state index in [0.29, 0.717) is 12.1 Å². The van der Waals surface area contributed by atoms with Crippen LogP contribution in [0.3, 0.4) is 0 Å². The number of hydrogen-bond donors (Lipinski definition) is 2. The number of halogens is 1. The summed E-state index contributed by atoms with van der Waals surface area (Å²) >= 11 is 0. The van der Waals surface area contributed by atoms with Crippen molar-refractivity contribution in [3.63, 3.8) is 0 Å². The molecular weight excluding hydrogens is 441 g/mol. The number of hydrogen-bond acceptors (Lipinski definition) is 4. The van der Waals surface area contributed by atoms with Crippen LogP contribution in [0.2, 0.25) is 0 Å². The molecule has 2 fully saturated rings. The molecule has 1 saturated heterocycles. The topological polar surface area (TPSA) is 52.1 Å². The van der Waals surface area contributed by atoms with E-state index in [1.54, 1.807) is 0 Å². The summed E-state index contributed by atoms with van der Waals surface area (Å²) in [6.45, 7) is 8.77. The van der Waals surface area contributed by atoms with Gasteiger partial charge in [-0.3, -0.25) is 9.89 Å². The fourth-order valence-electron chi connectivity index (χ4n) is 3.64. The van der Waals surface area contributed by atoms with E-state index < -0.39 is 0 Å². The van der Waals surface area contributed by atoms with E-state index in [2.05, 4.69) is 41.5 Å². The molecule has 26 heavy (non-hydrogen) atoms. The summed E-state index contributed by atoms with van der Waals surface area (Å²) in [6, 6.07) is 0.497. The molecule has 2 rings (SSSR count). The Morgan fingerprint density at radius 3 is 2.50 bits per heavy atom. The number of rotatable bonds is 7. The highest BCUT2D eigenvalue weighted by molar-refractivity contribution is 14.0. The number of nitrogens with one attached hydrogen (secondary N) is 2. The van der Waals surface area contributed by atoms with Gasteiger partial charge in [-0.15, -0.1) is 24.0 Å². The molecule has 154 valence electrons. The monoisotopic (exact) mass is 481 g/mol. The second-order valence-electron chi connectivity index (χ2n) is 7.53. The number of guanidine groups is 1. The Hall–Kier alpha value is -0.120. The molecule has 0 aromatic carbocycles. The lowest BCUT2D eigenvalue weighted by Gasteiger charge is -2.36. The lowest BCUT2D eigenvalue weighted by Crippen LogP contribution is -2.51. The van der Waals surface area contributed by atoms with Crippen molar-refractivity contribution in [2.75, 3.05) is 60.0 Å². The van der Waals surface area contributed by atoms with Gasteiger partial charge in [0.1, 0.15) is 0 Å². The SMILES string of the molecule is CCNC(=NCC1CN(C)CCN1C)NCCOC1CCCCCC1.I. The molecule has 0 radical (unpaired) electrons. The van der Waals surface area contributed by atoms with E-state index in [4.69, 9.17) is 9.73 Å². The molecule has 1 saturated carbocycles. The third kappa shape index (κ3) is 9.19. The van der Waals surface area contributed by atoms with Gasteiger partial charge in [-0.05, 0) is 33.9 Å². The van der Waals surface area contributed by atoms with E-state index in [0.717, 1.165) is 51.8 Å². The Balaban J connectivity index is 0.00000338. The van der Waals surface area contributed by atoms with E-state index in [1.165, 1.54) is 38.5 Å². The predicted molar refractivity (Wildman–Crippen MR) is 121 cm³/mol. The molecule has 1 aliphatic heterocycles. The quantitative estimate of drug-likeness (QED) is 0.192. The minimum atomic E-state index is 0. The van der Waals surface area contributed by atoms with Gasteiger partial charge in [-0.1, -0.05) is 25.7 Å². The lowest BCUT2D eigenvalue weighted by atomic mass is 10.1. The molecule has 6 nitrogen and oxygen atoms in total. The second kappa shape index (κ2) is 14.0. The van der Waals surface area contributed by atoms with Gasteiger partial charge < -0.3 is 20.3 Å². The number of piperazine rings is 1. The maximum Gasteiger partial charge on any atom is 0.191 e. The van der Waals surface area contributed by atoms with Crippen LogP contribution < -0.4 is 10.6 Å². The third-order valence-electron chi connectivity index (χ3n) is 5.33. The van der Waals surface area contributed by atoms with Gasteiger partial charge in [0.05, 0.1) is 19.3 Å². The summed E-state index contributed by atoms with van der Waals surface area (Å²) in [4.78, 5) is 9.60. The molecule has 2 aliphatic rings. The van der Waals surface area contributed by atoms with Crippen molar-refractivity contribution in [2.45, 2.75) is 57.6 Å². The minimum absolute atomic E-state index is 0. The summed E-state index contributed by atoms with van der Waals surface area (Å²) in [7, 11) is 4.39. The normalized spacial score (nSPS) is 24.0. The summed E-state index contributed by atoms with van der Waals surface area (Å²) < 4.78 is 6.06. The van der Waals surface area contributed by atoms with Crippen LogP contribution in [0, 0.1) is 0 Å². The summed E-state index contributed by atoms with van der Waals surface area (Å²) in [5.74, 6) is 0.911. The number of ether oxygens (including phenoxy) is 1. The maximum atomic E-state index is 6.06. The Morgan fingerprint density at radius 1 is 1.08 bits per heavy atom. The zero-order valence-corrected chi connectivity index (χ0v) is 19.3. The molecule has 1 aliphatic carbocycles. The van der Waals surface area contributed by atoms with Gasteiger partial charge >= 0.3 is 0 Å². The van der Waals surface area contributed by atoms with E-state index >= 15 is 0 Å². The van der Waals surface area contributed by atoms with Crippen molar-refractivity contribution in [1.82, 2.24) is 20.4 Å². The molecule has 0 bridgehead atoms. The average molecular weight is 481 g/mol. The van der Waals surface area contributed by atoms with Gasteiger partial charge in [-0.2, -0.15) is 0 Å². The fourth-order valence-corrected chi connectivity index (χ4v) is 3.64. The Labute approximate surface area is 177 Å². The van der Waals surface area contributed by atoms with Crippen LogP contribution in [0.25, 0.3) is 0 Å². The standard InChI is InChI=1S/C19H39N5O.HI/c1-4-20-19(22-15-17-16-23(2)12-13-24(17)3)21-11-14-25-18-9-7-5-6-8-10-18;/h17-18H,4-16H2,1-3H3,(H2,20,21,22);1H. The summed E-state index contributed by atoms with van der Waals surface area (Å²) in [6.07, 6.45) is 8.33. The fraction of sp³-hybridized carbons (Fsp3) is 0.947. The zero-order valence-electron chi connectivity index (χ0n) is 17.0. The van der Waals surface area contributed by atoms with Gasteiger partial charge in [0.2, 0.25) is 0 Å². The molecule has 7 heteroatoms. The Kier molecular flexibility index (Phi) is 12.8. The third-order valence-corrected chi connectivity index (χ3v) is 5.33. The lowest BCUT2D eigenvalue weighted by molar-refractivity contribution is 0.0468. The van der Waals surface area contributed by atoms with Crippen LogP contribution >= 0.6 is 24.0 Å². The molecule has 0 aromatic rings. The Bertz CT molecular complexity index is 388. The van der Waals surface area contributed by atoms with Crippen LogP contribution in [0.4, 0.5) is 0 Å². The first-order valence-electron chi connectivity index (χ1n) is 10.2. The van der Waals surface area contributed by atoms with Gasteiger partial charge in [0.25, 0.3) is 0 Å². The maximum absolute atomic E-state index is 6.06. The van der Waals surface area contributed by atoms with Crippen molar-refractivity contribution >= 4 is 29.9 Å². The van der Waals surface area contributed by atoms with Crippen LogP contribution in [-0.2, 0) is 4.74 Å². The first-order valence-corrected chi connectivity index (χ1v) is 10.2. The molecule has 1 unspecified atom stereocenters. The molecule has 0 spiro atoms. The van der Waals surface area contributed by atoms with Crippen molar-refractivity contribution < 1.29 is 4.74 Å². The van der Waals surface area contributed by atoms with Crippen LogP contribution in [0.5, 0.6) is 0 Å². The smallest absolute Gasteiger partial charge is 0.191 e.